The van der Waals surface area contributed by atoms with Gasteiger partial charge in [0.1, 0.15) is 5.65 Å². The van der Waals surface area contributed by atoms with Crippen molar-refractivity contribution in [3.05, 3.63) is 24.2 Å². The molecular formula is C7H9N3O. The number of hydrogen-bond acceptors (Lipinski definition) is 2. The minimum absolute atomic E-state index is 0.0430. The number of aliphatic hydroxyl groups excluding tert-OH is 1. The van der Waals surface area contributed by atoms with Crippen LogP contribution in [0.5, 0.6) is 0 Å². The molecule has 2 heterocycles. The highest BCUT2D eigenvalue weighted by Gasteiger charge is 2.04. The maximum atomic E-state index is 8.90. The fraction of sp³-hybridized carbons (Fsp3) is 0.286. The third kappa shape index (κ3) is 0.760. The summed E-state index contributed by atoms with van der Waals surface area (Å²) in [6, 6.07) is 0. The molecule has 0 bridgehead atoms. The van der Waals surface area contributed by atoms with Gasteiger partial charge < -0.3 is 9.67 Å². The van der Waals surface area contributed by atoms with E-state index >= 15 is 0 Å². The monoisotopic (exact) mass is 151 g/mol. The van der Waals surface area contributed by atoms with Crippen molar-refractivity contribution in [3.63, 3.8) is 0 Å². The van der Waals surface area contributed by atoms with Crippen molar-refractivity contribution in [2.45, 2.75) is 6.61 Å². The fourth-order valence-corrected chi connectivity index (χ4v) is 1.23. The van der Waals surface area contributed by atoms with E-state index in [0.717, 1.165) is 11.2 Å². The number of aromatic nitrogens is 3. The van der Waals surface area contributed by atoms with E-state index < -0.39 is 0 Å². The molecule has 0 radical (unpaired) electrons. The van der Waals surface area contributed by atoms with Gasteiger partial charge in [-0.15, -0.1) is 0 Å². The molecule has 0 spiro atoms. The molecule has 0 unspecified atom stereocenters. The second-order valence-corrected chi connectivity index (χ2v) is 2.51. The highest BCUT2D eigenvalue weighted by Crippen LogP contribution is 2.09. The number of hydrogen-bond donors (Lipinski definition) is 1. The molecule has 4 nitrogen and oxygen atoms in total. The quantitative estimate of drug-likeness (QED) is 0.631. The molecule has 0 aromatic carbocycles. The second kappa shape index (κ2) is 2.10. The Labute approximate surface area is 63.7 Å². The smallest absolute Gasteiger partial charge is 0.141 e. The Morgan fingerprint density at radius 2 is 2.36 bits per heavy atom. The number of aryl methyl sites for hydroxylation is 1. The van der Waals surface area contributed by atoms with Gasteiger partial charge in [-0.05, 0) is 0 Å². The van der Waals surface area contributed by atoms with E-state index in [1.807, 2.05) is 24.0 Å². The van der Waals surface area contributed by atoms with E-state index in [2.05, 4.69) is 5.10 Å². The van der Waals surface area contributed by atoms with Crippen LogP contribution in [0.3, 0.4) is 0 Å². The minimum atomic E-state index is 0.0430. The summed E-state index contributed by atoms with van der Waals surface area (Å²) in [4.78, 5) is 0. The van der Waals surface area contributed by atoms with Crippen LogP contribution in [-0.4, -0.2) is 19.3 Å². The van der Waals surface area contributed by atoms with Gasteiger partial charge >= 0.3 is 0 Å². The first kappa shape index (κ1) is 6.42. The van der Waals surface area contributed by atoms with Gasteiger partial charge in [-0.3, -0.25) is 0 Å². The van der Waals surface area contributed by atoms with Crippen LogP contribution in [0, 0.1) is 0 Å². The van der Waals surface area contributed by atoms with E-state index in [9.17, 15) is 0 Å². The van der Waals surface area contributed by atoms with Crippen molar-refractivity contribution in [3.8, 4) is 0 Å². The van der Waals surface area contributed by atoms with Crippen molar-refractivity contribution in [2.75, 3.05) is 0 Å². The number of imidazole rings is 1. The molecule has 2 aromatic heterocycles. The predicted molar refractivity (Wildman–Crippen MR) is 40.1 cm³/mol. The average molecular weight is 151 g/mol. The van der Waals surface area contributed by atoms with E-state index in [-0.39, 0.29) is 6.61 Å². The molecule has 58 valence electrons. The molecule has 2 rings (SSSR count). The topological polar surface area (TPSA) is 42.5 Å². The van der Waals surface area contributed by atoms with Crippen LogP contribution < -0.4 is 0 Å². The van der Waals surface area contributed by atoms with Crippen LogP contribution in [0.15, 0.2) is 18.6 Å². The molecule has 0 saturated carbocycles. The highest BCUT2D eigenvalue weighted by atomic mass is 16.3. The van der Waals surface area contributed by atoms with Crippen molar-refractivity contribution >= 4 is 5.65 Å². The van der Waals surface area contributed by atoms with Gasteiger partial charge in [0.2, 0.25) is 0 Å². The lowest BCUT2D eigenvalue weighted by molar-refractivity contribution is 0.283. The Morgan fingerprint density at radius 3 is 3.09 bits per heavy atom. The van der Waals surface area contributed by atoms with Crippen LogP contribution >= 0.6 is 0 Å². The van der Waals surface area contributed by atoms with Crippen molar-refractivity contribution in [2.24, 2.45) is 7.05 Å². The predicted octanol–water partition coefficient (Wildman–Crippen LogP) is 0.165. The number of aliphatic hydroxyl groups is 1. The second-order valence-electron chi connectivity index (χ2n) is 2.51. The first-order valence-electron chi connectivity index (χ1n) is 3.41. The molecule has 0 atom stereocenters. The van der Waals surface area contributed by atoms with Crippen LogP contribution in [-0.2, 0) is 13.7 Å². The molecule has 2 aromatic rings. The fourth-order valence-electron chi connectivity index (χ4n) is 1.23. The summed E-state index contributed by atoms with van der Waals surface area (Å²) in [6.45, 7) is 0.0430. The number of nitrogens with zero attached hydrogens (tertiary/aromatic N) is 3. The van der Waals surface area contributed by atoms with Gasteiger partial charge in [0.25, 0.3) is 0 Å². The average Bonchev–Trinajstić information content (AvgIpc) is 2.54. The molecule has 4 heteroatoms. The molecule has 0 fully saturated rings. The summed E-state index contributed by atoms with van der Waals surface area (Å²) in [5.41, 5.74) is 1.81. The van der Waals surface area contributed by atoms with Gasteiger partial charge in [0.05, 0.1) is 12.8 Å². The minimum Gasteiger partial charge on any atom is -0.391 e. The SMILES string of the molecule is Cn1ccn2ncc(CO)c12. The lowest BCUT2D eigenvalue weighted by Gasteiger charge is -1.92. The van der Waals surface area contributed by atoms with Gasteiger partial charge in [0.15, 0.2) is 0 Å². The van der Waals surface area contributed by atoms with E-state index in [1.165, 1.54) is 0 Å². The zero-order valence-corrected chi connectivity index (χ0v) is 6.23. The van der Waals surface area contributed by atoms with E-state index in [4.69, 9.17) is 5.11 Å². The van der Waals surface area contributed by atoms with Crippen LogP contribution in [0.4, 0.5) is 0 Å². The molecule has 0 aliphatic heterocycles. The van der Waals surface area contributed by atoms with E-state index in [1.54, 1.807) is 10.7 Å². The van der Waals surface area contributed by atoms with Gasteiger partial charge in [0, 0.05) is 25.0 Å². The summed E-state index contributed by atoms with van der Waals surface area (Å²) < 4.78 is 3.67. The van der Waals surface area contributed by atoms with Gasteiger partial charge in [-0.25, -0.2) is 4.52 Å². The molecule has 0 amide bonds. The lowest BCUT2D eigenvalue weighted by Crippen LogP contribution is -1.90. The first-order chi connectivity index (χ1) is 5.33. The standard InChI is InChI=1S/C7H9N3O/c1-9-2-3-10-7(9)6(5-11)4-8-10/h2-4,11H,5H2,1H3. The molecule has 1 N–H and O–H groups in total. The van der Waals surface area contributed by atoms with Crippen molar-refractivity contribution < 1.29 is 5.11 Å². The number of rotatable bonds is 1. The zero-order chi connectivity index (χ0) is 7.84. The van der Waals surface area contributed by atoms with Crippen LogP contribution in [0.25, 0.3) is 5.65 Å². The lowest BCUT2D eigenvalue weighted by atomic mass is 10.4. The Morgan fingerprint density at radius 1 is 1.55 bits per heavy atom. The Kier molecular flexibility index (Phi) is 1.22. The Bertz CT molecular complexity index is 374. The molecular weight excluding hydrogens is 142 g/mol. The maximum absolute atomic E-state index is 8.90. The summed E-state index contributed by atoms with van der Waals surface area (Å²) in [5.74, 6) is 0. The summed E-state index contributed by atoms with van der Waals surface area (Å²) in [6.07, 6.45) is 5.44. The zero-order valence-electron chi connectivity index (χ0n) is 6.23. The van der Waals surface area contributed by atoms with E-state index in [0.29, 0.717) is 0 Å². The Hall–Kier alpha value is -1.29. The van der Waals surface area contributed by atoms with Gasteiger partial charge in [-0.1, -0.05) is 0 Å². The largest absolute Gasteiger partial charge is 0.391 e. The molecule has 0 saturated heterocycles. The molecule has 11 heavy (non-hydrogen) atoms. The van der Waals surface area contributed by atoms with Crippen molar-refractivity contribution in [1.82, 2.24) is 14.2 Å². The highest BCUT2D eigenvalue weighted by molar-refractivity contribution is 5.47. The Balaban J connectivity index is 2.80. The third-order valence-corrected chi connectivity index (χ3v) is 1.78. The van der Waals surface area contributed by atoms with Crippen LogP contribution in [0.1, 0.15) is 5.56 Å². The van der Waals surface area contributed by atoms with Gasteiger partial charge in [-0.2, -0.15) is 5.10 Å². The van der Waals surface area contributed by atoms with Crippen molar-refractivity contribution in [1.29, 1.82) is 0 Å². The first-order valence-corrected chi connectivity index (χ1v) is 3.41. The number of fused-ring (bicyclic) bond motifs is 1. The summed E-state index contributed by atoms with van der Waals surface area (Å²) >= 11 is 0. The summed E-state index contributed by atoms with van der Waals surface area (Å²) in [7, 11) is 1.93. The molecule has 0 aliphatic rings. The normalized spacial score (nSPS) is 11.1. The maximum Gasteiger partial charge on any atom is 0.141 e. The third-order valence-electron chi connectivity index (χ3n) is 1.78. The summed E-state index contributed by atoms with van der Waals surface area (Å²) in [5, 5.41) is 12.9. The van der Waals surface area contributed by atoms with Crippen LogP contribution in [0.2, 0.25) is 0 Å². The molecule has 0 aliphatic carbocycles.